The Balaban J connectivity index is 1.85. The third-order valence-corrected chi connectivity index (χ3v) is 2.19. The highest BCUT2D eigenvalue weighted by Gasteiger charge is 2.05. The number of anilines is 1. The van der Waals surface area contributed by atoms with Gasteiger partial charge in [-0.2, -0.15) is 0 Å². The van der Waals surface area contributed by atoms with E-state index in [-0.39, 0.29) is 6.61 Å². The van der Waals surface area contributed by atoms with Crippen LogP contribution in [0.5, 0.6) is 11.5 Å². The van der Waals surface area contributed by atoms with Crippen LogP contribution in [-0.4, -0.2) is 12.6 Å². The van der Waals surface area contributed by atoms with Crippen LogP contribution in [0.3, 0.4) is 0 Å². The number of esters is 1. The molecule has 0 atom stereocenters. The molecule has 0 bridgehead atoms. The van der Waals surface area contributed by atoms with Crippen molar-refractivity contribution in [2.45, 2.75) is 0 Å². The van der Waals surface area contributed by atoms with Gasteiger partial charge in [0.25, 0.3) is 0 Å². The number of benzene rings is 2. The standard InChI is InChI=1S/C14H13NO3/c15-11-5-4-8-13(9-11)17-10-14(16)18-12-6-2-1-3-7-12/h1-9H,10,15H2. The van der Waals surface area contributed by atoms with Crippen LogP contribution in [0.1, 0.15) is 0 Å². The van der Waals surface area contributed by atoms with Gasteiger partial charge in [-0.3, -0.25) is 0 Å². The summed E-state index contributed by atoms with van der Waals surface area (Å²) in [5.74, 6) is 0.585. The summed E-state index contributed by atoms with van der Waals surface area (Å²) in [5, 5.41) is 0. The molecule has 0 radical (unpaired) electrons. The Morgan fingerprint density at radius 1 is 1.00 bits per heavy atom. The van der Waals surface area contributed by atoms with Crippen molar-refractivity contribution in [3.05, 3.63) is 54.6 Å². The summed E-state index contributed by atoms with van der Waals surface area (Å²) in [7, 11) is 0. The van der Waals surface area contributed by atoms with Crippen LogP contribution in [-0.2, 0) is 4.79 Å². The van der Waals surface area contributed by atoms with Crippen molar-refractivity contribution in [2.75, 3.05) is 12.3 Å². The smallest absolute Gasteiger partial charge is 0.349 e. The van der Waals surface area contributed by atoms with Crippen molar-refractivity contribution in [3.63, 3.8) is 0 Å². The Kier molecular flexibility index (Phi) is 3.81. The molecule has 2 rings (SSSR count). The van der Waals surface area contributed by atoms with Gasteiger partial charge in [0.1, 0.15) is 11.5 Å². The zero-order valence-electron chi connectivity index (χ0n) is 9.71. The van der Waals surface area contributed by atoms with Gasteiger partial charge in [0, 0.05) is 11.8 Å². The number of rotatable bonds is 4. The third kappa shape index (κ3) is 3.52. The Hall–Kier alpha value is -2.49. The van der Waals surface area contributed by atoms with Crippen molar-refractivity contribution in [1.29, 1.82) is 0 Å². The molecular formula is C14H13NO3. The summed E-state index contributed by atoms with van der Waals surface area (Å²) in [4.78, 5) is 11.5. The second-order valence-corrected chi connectivity index (χ2v) is 3.65. The van der Waals surface area contributed by atoms with Crippen molar-refractivity contribution in [3.8, 4) is 11.5 Å². The van der Waals surface area contributed by atoms with Gasteiger partial charge < -0.3 is 15.2 Å². The van der Waals surface area contributed by atoms with Crippen molar-refractivity contribution in [1.82, 2.24) is 0 Å². The predicted octanol–water partition coefficient (Wildman–Crippen LogP) is 2.25. The van der Waals surface area contributed by atoms with Crippen LogP contribution in [0.15, 0.2) is 54.6 Å². The normalized spacial score (nSPS) is 9.78. The molecule has 0 heterocycles. The minimum Gasteiger partial charge on any atom is -0.482 e. The number of carbonyl (C=O) groups is 1. The highest BCUT2D eigenvalue weighted by molar-refractivity contribution is 5.73. The minimum atomic E-state index is -0.455. The van der Waals surface area contributed by atoms with Gasteiger partial charge in [-0.15, -0.1) is 0 Å². The molecule has 0 amide bonds. The van der Waals surface area contributed by atoms with E-state index < -0.39 is 5.97 Å². The van der Waals surface area contributed by atoms with Crippen LogP contribution in [0.25, 0.3) is 0 Å². The van der Waals surface area contributed by atoms with E-state index in [1.807, 2.05) is 6.07 Å². The second-order valence-electron chi connectivity index (χ2n) is 3.65. The van der Waals surface area contributed by atoms with E-state index in [0.717, 1.165) is 0 Å². The first-order valence-corrected chi connectivity index (χ1v) is 5.48. The van der Waals surface area contributed by atoms with Gasteiger partial charge >= 0.3 is 5.97 Å². The minimum absolute atomic E-state index is 0.154. The van der Waals surface area contributed by atoms with Crippen molar-refractivity contribution in [2.24, 2.45) is 0 Å². The maximum atomic E-state index is 11.5. The molecule has 2 N–H and O–H groups in total. The number of ether oxygens (including phenoxy) is 2. The van der Waals surface area contributed by atoms with Crippen LogP contribution in [0.4, 0.5) is 5.69 Å². The molecule has 4 nitrogen and oxygen atoms in total. The monoisotopic (exact) mass is 243 g/mol. The lowest BCUT2D eigenvalue weighted by Crippen LogP contribution is -2.17. The first kappa shape index (κ1) is 12.0. The first-order chi connectivity index (χ1) is 8.74. The Morgan fingerprint density at radius 3 is 2.44 bits per heavy atom. The topological polar surface area (TPSA) is 61.5 Å². The molecule has 0 aromatic heterocycles. The van der Waals surface area contributed by atoms with Gasteiger partial charge in [-0.25, -0.2) is 4.79 Å². The number of hydrogen-bond acceptors (Lipinski definition) is 4. The molecule has 2 aromatic carbocycles. The predicted molar refractivity (Wildman–Crippen MR) is 68.4 cm³/mol. The summed E-state index contributed by atoms with van der Waals surface area (Å²) in [6.45, 7) is -0.154. The molecule has 18 heavy (non-hydrogen) atoms. The zero-order valence-corrected chi connectivity index (χ0v) is 9.71. The molecule has 0 saturated carbocycles. The molecule has 0 aliphatic heterocycles. The molecule has 0 spiro atoms. The fourth-order valence-corrected chi connectivity index (χ4v) is 1.40. The van der Waals surface area contributed by atoms with E-state index in [4.69, 9.17) is 15.2 Å². The summed E-state index contributed by atoms with van der Waals surface area (Å²) < 4.78 is 10.3. The largest absolute Gasteiger partial charge is 0.482 e. The summed E-state index contributed by atoms with van der Waals surface area (Å²) in [6, 6.07) is 15.7. The fourth-order valence-electron chi connectivity index (χ4n) is 1.40. The van der Waals surface area contributed by atoms with E-state index in [1.54, 1.807) is 48.5 Å². The second kappa shape index (κ2) is 5.72. The first-order valence-electron chi connectivity index (χ1n) is 5.48. The molecule has 92 valence electrons. The highest BCUT2D eigenvalue weighted by Crippen LogP contribution is 2.14. The van der Waals surface area contributed by atoms with Gasteiger partial charge in [-0.1, -0.05) is 24.3 Å². The van der Waals surface area contributed by atoms with E-state index in [2.05, 4.69) is 0 Å². The van der Waals surface area contributed by atoms with E-state index in [1.165, 1.54) is 0 Å². The van der Waals surface area contributed by atoms with Crippen LogP contribution >= 0.6 is 0 Å². The Bertz CT molecular complexity index is 526. The number of para-hydroxylation sites is 1. The molecule has 0 aliphatic carbocycles. The van der Waals surface area contributed by atoms with E-state index in [9.17, 15) is 4.79 Å². The SMILES string of the molecule is Nc1cccc(OCC(=O)Oc2ccccc2)c1. The van der Waals surface area contributed by atoms with Gasteiger partial charge in [0.05, 0.1) is 0 Å². The van der Waals surface area contributed by atoms with Crippen molar-refractivity contribution < 1.29 is 14.3 Å². The van der Waals surface area contributed by atoms with Gasteiger partial charge in [-0.05, 0) is 24.3 Å². The summed E-state index contributed by atoms with van der Waals surface area (Å²) in [6.07, 6.45) is 0. The lowest BCUT2D eigenvalue weighted by molar-refractivity contribution is -0.136. The molecule has 0 aliphatic rings. The fraction of sp³-hybridized carbons (Fsp3) is 0.0714. The lowest BCUT2D eigenvalue weighted by atomic mass is 10.3. The van der Waals surface area contributed by atoms with Crippen LogP contribution < -0.4 is 15.2 Å². The molecule has 2 aromatic rings. The maximum Gasteiger partial charge on any atom is 0.349 e. The Morgan fingerprint density at radius 2 is 1.72 bits per heavy atom. The third-order valence-electron chi connectivity index (χ3n) is 2.19. The zero-order chi connectivity index (χ0) is 12.8. The quantitative estimate of drug-likeness (QED) is 0.508. The highest BCUT2D eigenvalue weighted by atomic mass is 16.6. The summed E-state index contributed by atoms with van der Waals surface area (Å²) >= 11 is 0. The molecule has 0 unspecified atom stereocenters. The number of nitrogen functional groups attached to an aromatic ring is 1. The molecule has 0 fully saturated rings. The van der Waals surface area contributed by atoms with Gasteiger partial charge in [0.15, 0.2) is 6.61 Å². The average molecular weight is 243 g/mol. The molecule has 4 heteroatoms. The Labute approximate surface area is 105 Å². The lowest BCUT2D eigenvalue weighted by Gasteiger charge is -2.06. The van der Waals surface area contributed by atoms with Gasteiger partial charge in [0.2, 0.25) is 0 Å². The molecular weight excluding hydrogens is 230 g/mol. The average Bonchev–Trinajstić information content (AvgIpc) is 2.38. The number of carbonyl (C=O) groups excluding carboxylic acids is 1. The van der Waals surface area contributed by atoms with E-state index >= 15 is 0 Å². The van der Waals surface area contributed by atoms with Crippen molar-refractivity contribution >= 4 is 11.7 Å². The van der Waals surface area contributed by atoms with E-state index in [0.29, 0.717) is 17.2 Å². The van der Waals surface area contributed by atoms with Crippen LogP contribution in [0.2, 0.25) is 0 Å². The molecule has 0 saturated heterocycles. The number of nitrogens with two attached hydrogens (primary N) is 1. The van der Waals surface area contributed by atoms with Crippen LogP contribution in [0, 0.1) is 0 Å². The number of hydrogen-bond donors (Lipinski definition) is 1. The summed E-state index contributed by atoms with van der Waals surface area (Å²) in [5.41, 5.74) is 6.18. The maximum absolute atomic E-state index is 11.5.